The molecular weight excluding hydrogens is 345 g/mol. The van der Waals surface area contributed by atoms with Gasteiger partial charge in [0.1, 0.15) is 0 Å². The van der Waals surface area contributed by atoms with Crippen LogP contribution in [0.5, 0.6) is 0 Å². The van der Waals surface area contributed by atoms with E-state index >= 15 is 0 Å². The molecule has 24 heavy (non-hydrogen) atoms. The molecule has 0 aliphatic heterocycles. The van der Waals surface area contributed by atoms with Gasteiger partial charge in [-0.1, -0.05) is 23.2 Å². The molecule has 1 aromatic heterocycles. The van der Waals surface area contributed by atoms with Gasteiger partial charge in [0.15, 0.2) is 0 Å². The Morgan fingerprint density at radius 2 is 1.88 bits per heavy atom. The Morgan fingerprint density at radius 1 is 1.17 bits per heavy atom. The minimum Gasteiger partial charge on any atom is -0.326 e. The highest BCUT2D eigenvalue weighted by atomic mass is 35.5. The number of nitrogens with zero attached hydrogens (tertiary/aromatic N) is 3. The molecule has 0 saturated heterocycles. The number of guanidine groups is 1. The van der Waals surface area contributed by atoms with Gasteiger partial charge in [0.25, 0.3) is 0 Å². The van der Waals surface area contributed by atoms with E-state index in [0.29, 0.717) is 16.0 Å². The normalized spacial score (nSPS) is 12.6. The summed E-state index contributed by atoms with van der Waals surface area (Å²) in [7, 11) is 0. The SMILES string of the molecule is CC(C)n1ccnc1NC(=NC(C)(C)C)Nc1ccc(Cl)c(Cl)c1. The zero-order chi connectivity index (χ0) is 17.9. The van der Waals surface area contributed by atoms with Crippen LogP contribution in [0.4, 0.5) is 11.6 Å². The summed E-state index contributed by atoms with van der Waals surface area (Å²) < 4.78 is 2.04. The first-order chi connectivity index (χ1) is 11.2. The van der Waals surface area contributed by atoms with E-state index in [-0.39, 0.29) is 11.6 Å². The van der Waals surface area contributed by atoms with Gasteiger partial charge in [-0.25, -0.2) is 9.98 Å². The molecule has 0 bridgehead atoms. The van der Waals surface area contributed by atoms with Crippen molar-refractivity contribution in [3.63, 3.8) is 0 Å². The Kier molecular flexibility index (Phi) is 5.78. The number of imidazole rings is 1. The Hall–Kier alpha value is -1.72. The zero-order valence-electron chi connectivity index (χ0n) is 14.6. The average molecular weight is 368 g/mol. The lowest BCUT2D eigenvalue weighted by Crippen LogP contribution is -2.28. The molecule has 2 rings (SSSR count). The number of aliphatic imine (C=N–C) groups is 1. The molecule has 2 aromatic rings. The lowest BCUT2D eigenvalue weighted by molar-refractivity contribution is 0.582. The van der Waals surface area contributed by atoms with Gasteiger partial charge >= 0.3 is 0 Å². The van der Waals surface area contributed by atoms with Crippen LogP contribution in [0.1, 0.15) is 40.7 Å². The molecule has 0 amide bonds. The first kappa shape index (κ1) is 18.6. The monoisotopic (exact) mass is 367 g/mol. The summed E-state index contributed by atoms with van der Waals surface area (Å²) in [4.78, 5) is 9.06. The first-order valence-electron chi connectivity index (χ1n) is 7.77. The molecule has 1 heterocycles. The summed E-state index contributed by atoms with van der Waals surface area (Å²) in [6.07, 6.45) is 3.69. The maximum atomic E-state index is 6.09. The second-order valence-corrected chi connectivity index (χ2v) is 7.58. The Bertz CT molecular complexity index is 729. The Labute approximate surface area is 153 Å². The molecule has 0 unspecified atom stereocenters. The molecule has 0 saturated carbocycles. The lowest BCUT2D eigenvalue weighted by Gasteiger charge is -2.20. The van der Waals surface area contributed by atoms with Crippen LogP contribution < -0.4 is 10.6 Å². The standard InChI is InChI=1S/C17H23Cl2N5/c1-11(2)24-9-8-20-16(24)22-15(23-17(3,4)5)21-12-6-7-13(18)14(19)10-12/h6-11H,1-5H3,(H2,20,21,22,23). The van der Waals surface area contributed by atoms with Crippen molar-refractivity contribution in [2.75, 3.05) is 10.6 Å². The Morgan fingerprint density at radius 3 is 2.46 bits per heavy atom. The molecule has 0 spiro atoms. The van der Waals surface area contributed by atoms with Gasteiger partial charge in [0, 0.05) is 24.1 Å². The topological polar surface area (TPSA) is 54.2 Å². The van der Waals surface area contributed by atoms with Crippen LogP contribution in [0.2, 0.25) is 10.0 Å². The van der Waals surface area contributed by atoms with E-state index in [4.69, 9.17) is 28.2 Å². The molecule has 1 aromatic carbocycles. The molecular formula is C17H23Cl2N5. The van der Waals surface area contributed by atoms with Crippen molar-refractivity contribution < 1.29 is 0 Å². The number of rotatable bonds is 3. The number of benzene rings is 1. The van der Waals surface area contributed by atoms with Crippen molar-refractivity contribution in [3.05, 3.63) is 40.6 Å². The van der Waals surface area contributed by atoms with E-state index in [2.05, 4.69) is 29.5 Å². The highest BCUT2D eigenvalue weighted by Gasteiger charge is 2.14. The quantitative estimate of drug-likeness (QED) is 0.560. The van der Waals surface area contributed by atoms with E-state index in [1.807, 2.05) is 37.6 Å². The van der Waals surface area contributed by atoms with Crippen molar-refractivity contribution in [1.29, 1.82) is 0 Å². The van der Waals surface area contributed by atoms with Gasteiger partial charge in [-0.15, -0.1) is 0 Å². The summed E-state index contributed by atoms with van der Waals surface area (Å²) in [6, 6.07) is 5.65. The van der Waals surface area contributed by atoms with Gasteiger partial charge in [0.05, 0.1) is 15.6 Å². The predicted octanol–water partition coefficient (Wildman–Crippen LogP) is 5.45. The summed E-state index contributed by atoms with van der Waals surface area (Å²) in [6.45, 7) is 10.3. The highest BCUT2D eigenvalue weighted by Crippen LogP contribution is 2.25. The van der Waals surface area contributed by atoms with Crippen molar-refractivity contribution in [1.82, 2.24) is 9.55 Å². The fourth-order valence-electron chi connectivity index (χ4n) is 2.07. The summed E-state index contributed by atoms with van der Waals surface area (Å²) in [5, 5.41) is 7.51. The number of hydrogen-bond donors (Lipinski definition) is 2. The third-order valence-corrected chi connectivity index (χ3v) is 3.82. The van der Waals surface area contributed by atoms with Gasteiger partial charge in [-0.3, -0.25) is 5.32 Å². The van der Waals surface area contributed by atoms with Gasteiger partial charge < -0.3 is 9.88 Å². The van der Waals surface area contributed by atoms with Crippen LogP contribution in [0.3, 0.4) is 0 Å². The van der Waals surface area contributed by atoms with Crippen molar-refractivity contribution in [2.24, 2.45) is 4.99 Å². The maximum Gasteiger partial charge on any atom is 0.209 e. The molecule has 130 valence electrons. The molecule has 0 atom stereocenters. The summed E-state index contributed by atoms with van der Waals surface area (Å²) >= 11 is 12.1. The van der Waals surface area contributed by atoms with Gasteiger partial charge in [0.2, 0.25) is 11.9 Å². The van der Waals surface area contributed by atoms with E-state index < -0.39 is 0 Å². The average Bonchev–Trinajstić information content (AvgIpc) is 2.89. The summed E-state index contributed by atoms with van der Waals surface area (Å²) in [5.74, 6) is 1.31. The van der Waals surface area contributed by atoms with Crippen LogP contribution in [-0.2, 0) is 0 Å². The van der Waals surface area contributed by atoms with Crippen LogP contribution in [-0.4, -0.2) is 21.0 Å². The fraction of sp³-hybridized carbons (Fsp3) is 0.412. The number of anilines is 2. The predicted molar refractivity (Wildman–Crippen MR) is 104 cm³/mol. The maximum absolute atomic E-state index is 6.09. The van der Waals surface area contributed by atoms with E-state index in [9.17, 15) is 0 Å². The van der Waals surface area contributed by atoms with Crippen LogP contribution in [0.15, 0.2) is 35.6 Å². The van der Waals surface area contributed by atoms with E-state index in [1.54, 1.807) is 18.3 Å². The smallest absolute Gasteiger partial charge is 0.209 e. The van der Waals surface area contributed by atoms with Crippen molar-refractivity contribution in [3.8, 4) is 0 Å². The zero-order valence-corrected chi connectivity index (χ0v) is 16.1. The van der Waals surface area contributed by atoms with Crippen molar-refractivity contribution >= 4 is 40.8 Å². The first-order valence-corrected chi connectivity index (χ1v) is 8.53. The Balaban J connectivity index is 2.30. The van der Waals surface area contributed by atoms with Crippen LogP contribution in [0.25, 0.3) is 0 Å². The molecule has 5 nitrogen and oxygen atoms in total. The van der Waals surface area contributed by atoms with Crippen LogP contribution >= 0.6 is 23.2 Å². The number of aromatic nitrogens is 2. The minimum atomic E-state index is -0.263. The largest absolute Gasteiger partial charge is 0.326 e. The third-order valence-electron chi connectivity index (χ3n) is 3.08. The highest BCUT2D eigenvalue weighted by molar-refractivity contribution is 6.42. The lowest BCUT2D eigenvalue weighted by atomic mass is 10.1. The summed E-state index contributed by atoms with van der Waals surface area (Å²) in [5.41, 5.74) is 0.531. The number of halogens is 2. The third kappa shape index (κ3) is 5.14. The second-order valence-electron chi connectivity index (χ2n) is 6.76. The molecule has 0 fully saturated rings. The van der Waals surface area contributed by atoms with Gasteiger partial charge in [-0.2, -0.15) is 0 Å². The molecule has 2 N–H and O–H groups in total. The van der Waals surface area contributed by atoms with Crippen LogP contribution in [0, 0.1) is 0 Å². The minimum absolute atomic E-state index is 0.263. The molecule has 0 aliphatic carbocycles. The molecule has 0 aliphatic rings. The fourth-order valence-corrected chi connectivity index (χ4v) is 2.36. The van der Waals surface area contributed by atoms with Crippen molar-refractivity contribution in [2.45, 2.75) is 46.2 Å². The number of hydrogen-bond acceptors (Lipinski definition) is 2. The molecule has 7 heteroatoms. The second kappa shape index (κ2) is 7.45. The molecule has 0 radical (unpaired) electrons. The van der Waals surface area contributed by atoms with E-state index in [1.165, 1.54) is 0 Å². The van der Waals surface area contributed by atoms with Gasteiger partial charge in [-0.05, 0) is 52.8 Å². The van der Waals surface area contributed by atoms with E-state index in [0.717, 1.165) is 11.6 Å². The number of nitrogens with one attached hydrogen (secondary N) is 2.